The van der Waals surface area contributed by atoms with Crippen LogP contribution in [0.25, 0.3) is 0 Å². The number of piperidine rings is 1. The van der Waals surface area contributed by atoms with Gasteiger partial charge in [-0.15, -0.1) is 0 Å². The summed E-state index contributed by atoms with van der Waals surface area (Å²) in [5.41, 5.74) is -1.03. The number of ether oxygens (including phenoxy) is 1. The largest absolute Gasteiger partial charge is 0.417 e. The summed E-state index contributed by atoms with van der Waals surface area (Å²) < 4.78 is 42.8. The van der Waals surface area contributed by atoms with Crippen molar-refractivity contribution in [3.8, 4) is 0 Å². The van der Waals surface area contributed by atoms with E-state index in [1.807, 2.05) is 4.90 Å². The van der Waals surface area contributed by atoms with Crippen LogP contribution in [-0.2, 0) is 10.9 Å². The first-order chi connectivity index (χ1) is 10.4. The van der Waals surface area contributed by atoms with Crippen LogP contribution in [0, 0.1) is 5.41 Å². The van der Waals surface area contributed by atoms with Crippen molar-refractivity contribution in [2.75, 3.05) is 38.3 Å². The normalized spacial score (nSPS) is 22.9. The van der Waals surface area contributed by atoms with Crippen LogP contribution in [0.3, 0.4) is 0 Å². The molecule has 0 bridgehead atoms. The highest BCUT2D eigenvalue weighted by atomic mass is 19.4. The number of aliphatic hydroxyl groups is 1. The van der Waals surface area contributed by atoms with Gasteiger partial charge in [-0.05, 0) is 31.4 Å². The minimum atomic E-state index is -4.37. The summed E-state index contributed by atoms with van der Waals surface area (Å²) in [5, 5.41) is 9.73. The number of anilines is 1. The lowest BCUT2D eigenvalue weighted by atomic mass is 9.78. The molecule has 4 nitrogen and oxygen atoms in total. The monoisotopic (exact) mass is 318 g/mol. The fourth-order valence-electron chi connectivity index (χ4n) is 2.87. The molecule has 0 radical (unpaired) electrons. The van der Waals surface area contributed by atoms with Gasteiger partial charge in [-0.1, -0.05) is 0 Å². The second kappa shape index (κ2) is 6.83. The van der Waals surface area contributed by atoms with Crippen LogP contribution in [0.15, 0.2) is 18.3 Å². The maximum Gasteiger partial charge on any atom is 0.417 e. The Labute approximate surface area is 127 Å². The van der Waals surface area contributed by atoms with E-state index in [0.29, 0.717) is 19.0 Å². The number of pyridine rings is 1. The van der Waals surface area contributed by atoms with E-state index in [1.54, 1.807) is 7.11 Å². The number of halogens is 3. The molecule has 124 valence electrons. The van der Waals surface area contributed by atoms with Gasteiger partial charge < -0.3 is 14.7 Å². The Bertz CT molecular complexity index is 479. The van der Waals surface area contributed by atoms with Crippen molar-refractivity contribution in [2.45, 2.75) is 25.4 Å². The van der Waals surface area contributed by atoms with E-state index >= 15 is 0 Å². The predicted molar refractivity (Wildman–Crippen MR) is 76.7 cm³/mol. The summed E-state index contributed by atoms with van der Waals surface area (Å²) in [6, 6.07) is 2.44. The topological polar surface area (TPSA) is 45.6 Å². The van der Waals surface area contributed by atoms with Crippen LogP contribution in [0.1, 0.15) is 24.8 Å². The van der Waals surface area contributed by atoms with Crippen LogP contribution in [0.4, 0.5) is 19.0 Å². The molecule has 1 aliphatic rings. The highest BCUT2D eigenvalue weighted by Gasteiger charge is 2.36. The van der Waals surface area contributed by atoms with E-state index in [4.69, 9.17) is 4.74 Å². The molecule has 7 heteroatoms. The van der Waals surface area contributed by atoms with Crippen LogP contribution in [0.5, 0.6) is 0 Å². The van der Waals surface area contributed by atoms with Gasteiger partial charge in [-0.2, -0.15) is 13.2 Å². The Morgan fingerprint density at radius 2 is 2.18 bits per heavy atom. The Kier molecular flexibility index (Phi) is 5.28. The summed E-state index contributed by atoms with van der Waals surface area (Å²) in [7, 11) is 1.61. The van der Waals surface area contributed by atoms with Crippen LogP contribution in [0.2, 0.25) is 0 Å². The summed E-state index contributed by atoms with van der Waals surface area (Å²) in [4.78, 5) is 5.88. The Morgan fingerprint density at radius 3 is 2.73 bits per heavy atom. The zero-order valence-electron chi connectivity index (χ0n) is 12.6. The molecular formula is C15H21F3N2O2. The molecule has 0 spiro atoms. The number of hydrogen-bond donors (Lipinski definition) is 1. The Hall–Kier alpha value is -1.34. The third-order valence-electron chi connectivity index (χ3n) is 4.23. The zero-order valence-corrected chi connectivity index (χ0v) is 12.6. The summed E-state index contributed by atoms with van der Waals surface area (Å²) >= 11 is 0. The van der Waals surface area contributed by atoms with E-state index in [2.05, 4.69) is 4.98 Å². The lowest BCUT2D eigenvalue weighted by Crippen LogP contribution is -2.46. The second-order valence-electron chi connectivity index (χ2n) is 5.83. The molecule has 1 aromatic rings. The summed E-state index contributed by atoms with van der Waals surface area (Å²) in [6.45, 7) is 1.89. The minimum Gasteiger partial charge on any atom is -0.396 e. The molecular weight excluding hydrogens is 297 g/mol. The van der Waals surface area contributed by atoms with E-state index in [0.717, 1.165) is 38.1 Å². The third-order valence-corrected chi connectivity index (χ3v) is 4.23. The molecule has 2 rings (SSSR count). The van der Waals surface area contributed by atoms with Crippen molar-refractivity contribution in [3.05, 3.63) is 23.9 Å². The van der Waals surface area contributed by atoms with Crippen molar-refractivity contribution < 1.29 is 23.0 Å². The van der Waals surface area contributed by atoms with Crippen LogP contribution in [-0.4, -0.2) is 43.5 Å². The first-order valence-corrected chi connectivity index (χ1v) is 7.28. The fraction of sp³-hybridized carbons (Fsp3) is 0.667. The maximum atomic E-state index is 12.6. The van der Waals surface area contributed by atoms with Gasteiger partial charge in [0.2, 0.25) is 0 Å². The van der Waals surface area contributed by atoms with Crippen molar-refractivity contribution in [2.24, 2.45) is 5.41 Å². The fourth-order valence-corrected chi connectivity index (χ4v) is 2.87. The molecule has 0 unspecified atom stereocenters. The lowest BCUT2D eigenvalue weighted by Gasteiger charge is -2.42. The Morgan fingerprint density at radius 1 is 1.41 bits per heavy atom. The molecule has 1 N–H and O–H groups in total. The quantitative estimate of drug-likeness (QED) is 0.907. The lowest BCUT2D eigenvalue weighted by molar-refractivity contribution is -0.137. The van der Waals surface area contributed by atoms with Gasteiger partial charge in [0.25, 0.3) is 0 Å². The van der Waals surface area contributed by atoms with E-state index in [9.17, 15) is 18.3 Å². The molecule has 0 saturated carbocycles. The van der Waals surface area contributed by atoms with Gasteiger partial charge in [-0.25, -0.2) is 4.98 Å². The Balaban J connectivity index is 2.11. The average molecular weight is 318 g/mol. The van der Waals surface area contributed by atoms with Crippen molar-refractivity contribution in [1.82, 2.24) is 4.98 Å². The molecule has 0 aromatic carbocycles. The molecule has 22 heavy (non-hydrogen) atoms. The molecule has 2 heterocycles. The number of rotatable bonds is 5. The van der Waals surface area contributed by atoms with Crippen molar-refractivity contribution >= 4 is 5.82 Å². The number of nitrogens with zero attached hydrogens (tertiary/aromatic N) is 2. The maximum absolute atomic E-state index is 12.6. The highest BCUT2D eigenvalue weighted by molar-refractivity contribution is 5.40. The number of aromatic nitrogens is 1. The SMILES string of the molecule is COCC[C@]1(CO)CCCN(c2ccc(C(F)(F)F)cn2)C1. The van der Waals surface area contributed by atoms with E-state index in [-0.39, 0.29) is 12.0 Å². The molecule has 1 aliphatic heterocycles. The van der Waals surface area contributed by atoms with Crippen molar-refractivity contribution in [1.29, 1.82) is 0 Å². The first-order valence-electron chi connectivity index (χ1n) is 7.28. The first kappa shape index (κ1) is 17.0. The van der Waals surface area contributed by atoms with E-state index in [1.165, 1.54) is 6.07 Å². The predicted octanol–water partition coefficient (Wildman–Crippen LogP) is 2.72. The molecule has 1 aromatic heterocycles. The summed E-state index contributed by atoms with van der Waals surface area (Å²) in [6.07, 6.45) is -1.05. The zero-order chi connectivity index (χ0) is 16.2. The molecule has 0 amide bonds. The van der Waals surface area contributed by atoms with Crippen LogP contribution < -0.4 is 4.90 Å². The van der Waals surface area contributed by atoms with Crippen LogP contribution >= 0.6 is 0 Å². The van der Waals surface area contributed by atoms with Gasteiger partial charge in [-0.3, -0.25) is 0 Å². The highest BCUT2D eigenvalue weighted by Crippen LogP contribution is 2.35. The molecule has 1 saturated heterocycles. The number of methoxy groups -OCH3 is 1. The standard InChI is InChI=1S/C15H21F3N2O2/c1-22-8-6-14(11-21)5-2-7-20(10-14)13-4-3-12(9-19-13)15(16,17)18/h3-4,9,21H,2,5-8,10-11H2,1H3/t14-/m1/s1. The minimum absolute atomic E-state index is 0.0352. The number of aliphatic hydroxyl groups excluding tert-OH is 1. The second-order valence-corrected chi connectivity index (χ2v) is 5.83. The summed E-state index contributed by atoms with van der Waals surface area (Å²) in [5.74, 6) is 0.517. The molecule has 1 atom stereocenters. The average Bonchev–Trinajstić information content (AvgIpc) is 2.52. The van der Waals surface area contributed by atoms with Gasteiger partial charge in [0.05, 0.1) is 12.2 Å². The number of alkyl halides is 3. The van der Waals surface area contributed by atoms with Gasteiger partial charge >= 0.3 is 6.18 Å². The number of hydrogen-bond acceptors (Lipinski definition) is 4. The van der Waals surface area contributed by atoms with E-state index < -0.39 is 11.7 Å². The smallest absolute Gasteiger partial charge is 0.396 e. The van der Waals surface area contributed by atoms with Gasteiger partial charge in [0, 0.05) is 38.4 Å². The molecule has 0 aliphatic carbocycles. The van der Waals surface area contributed by atoms with Gasteiger partial charge in [0.15, 0.2) is 0 Å². The van der Waals surface area contributed by atoms with Crippen molar-refractivity contribution in [3.63, 3.8) is 0 Å². The molecule has 1 fully saturated rings. The third kappa shape index (κ3) is 3.89. The van der Waals surface area contributed by atoms with Gasteiger partial charge in [0.1, 0.15) is 5.82 Å².